The zero-order chi connectivity index (χ0) is 7.23. The third-order valence-electron chi connectivity index (χ3n) is 1.08. The summed E-state index contributed by atoms with van der Waals surface area (Å²) in [7, 11) is 0. The van der Waals surface area contributed by atoms with Gasteiger partial charge < -0.3 is 4.74 Å². The number of rotatable bonds is 3. The third kappa shape index (κ3) is 2.09. The fourth-order valence-corrected chi connectivity index (χ4v) is 0.654. The zero-order valence-electron chi connectivity index (χ0n) is 5.79. The van der Waals surface area contributed by atoms with Gasteiger partial charge in [-0.2, -0.15) is 0 Å². The van der Waals surface area contributed by atoms with E-state index >= 15 is 0 Å². The first-order chi connectivity index (χ1) is 4.93. The third-order valence-corrected chi connectivity index (χ3v) is 1.08. The van der Waals surface area contributed by atoms with Gasteiger partial charge in [-0.05, 0) is 25.5 Å². The van der Waals surface area contributed by atoms with Crippen LogP contribution in [0.1, 0.15) is 6.42 Å². The van der Waals surface area contributed by atoms with Crippen LogP contribution in [-0.4, -0.2) is 0 Å². The monoisotopic (exact) mass is 134 g/mol. The summed E-state index contributed by atoms with van der Waals surface area (Å²) in [6, 6.07) is 9.65. The molecule has 0 fully saturated rings. The van der Waals surface area contributed by atoms with Crippen molar-refractivity contribution in [2.45, 2.75) is 6.42 Å². The minimum Gasteiger partial charge on any atom is -0.487 e. The Labute approximate surface area is 61.6 Å². The van der Waals surface area contributed by atoms with Crippen molar-refractivity contribution < 1.29 is 4.74 Å². The highest BCUT2D eigenvalue weighted by atomic mass is 16.5. The standard InChI is InChI=1S/C9H10O/c1-2-8-10-9-6-4-3-5-7-9/h3-8H,1-2H2. The van der Waals surface area contributed by atoms with Gasteiger partial charge in [-0.15, -0.1) is 0 Å². The Morgan fingerprint density at radius 1 is 1.30 bits per heavy atom. The van der Waals surface area contributed by atoms with Crippen molar-refractivity contribution in [2.24, 2.45) is 0 Å². The van der Waals surface area contributed by atoms with Crippen LogP contribution >= 0.6 is 0 Å². The first kappa shape index (κ1) is 7.13. The highest BCUT2D eigenvalue weighted by molar-refractivity contribution is 5.21. The molecule has 0 bridgehead atoms. The molecule has 0 aliphatic carbocycles. The van der Waals surface area contributed by atoms with Crippen molar-refractivity contribution in [3.05, 3.63) is 43.9 Å². The molecule has 0 N–H and O–H groups in total. The summed E-state index contributed by atoms with van der Waals surface area (Å²) < 4.78 is 5.17. The van der Waals surface area contributed by atoms with E-state index in [-0.39, 0.29) is 0 Å². The molecule has 0 atom stereocenters. The van der Waals surface area contributed by atoms with Crippen LogP contribution in [0.3, 0.4) is 0 Å². The average molecular weight is 134 g/mol. The summed E-state index contributed by atoms with van der Waals surface area (Å²) >= 11 is 0. The van der Waals surface area contributed by atoms with Crippen molar-refractivity contribution in [2.75, 3.05) is 0 Å². The molecular formula is C9H10O. The van der Waals surface area contributed by atoms with Crippen LogP contribution < -0.4 is 4.74 Å². The summed E-state index contributed by atoms with van der Waals surface area (Å²) in [4.78, 5) is 0. The van der Waals surface area contributed by atoms with Gasteiger partial charge in [0.15, 0.2) is 0 Å². The van der Waals surface area contributed by atoms with Crippen molar-refractivity contribution >= 4 is 0 Å². The normalized spacial score (nSPS) is 9.30. The van der Waals surface area contributed by atoms with E-state index in [1.807, 2.05) is 30.3 Å². The van der Waals surface area contributed by atoms with Gasteiger partial charge in [0.2, 0.25) is 0 Å². The van der Waals surface area contributed by atoms with Gasteiger partial charge in [0.1, 0.15) is 12.4 Å². The second kappa shape index (κ2) is 3.94. The highest BCUT2D eigenvalue weighted by Crippen LogP contribution is 2.09. The van der Waals surface area contributed by atoms with Crippen molar-refractivity contribution in [3.63, 3.8) is 0 Å². The predicted molar refractivity (Wildman–Crippen MR) is 41.3 cm³/mol. The van der Waals surface area contributed by atoms with E-state index in [9.17, 15) is 0 Å². The maximum absolute atomic E-state index is 5.17. The molecule has 0 heterocycles. The maximum Gasteiger partial charge on any atom is 0.135 e. The molecule has 52 valence electrons. The van der Waals surface area contributed by atoms with E-state index in [1.165, 1.54) is 0 Å². The summed E-state index contributed by atoms with van der Waals surface area (Å²) in [5, 5.41) is 0. The predicted octanol–water partition coefficient (Wildman–Crippen LogP) is 2.45. The highest BCUT2D eigenvalue weighted by Gasteiger charge is 1.87. The van der Waals surface area contributed by atoms with Gasteiger partial charge >= 0.3 is 0 Å². The minimum absolute atomic E-state index is 0.689. The van der Waals surface area contributed by atoms with Crippen LogP contribution in [0.2, 0.25) is 0 Å². The largest absolute Gasteiger partial charge is 0.487 e. The lowest BCUT2D eigenvalue weighted by molar-refractivity contribution is 0.403. The van der Waals surface area contributed by atoms with Crippen molar-refractivity contribution in [1.29, 1.82) is 0 Å². The number of benzene rings is 1. The van der Waals surface area contributed by atoms with Crippen LogP contribution in [0, 0.1) is 13.5 Å². The molecule has 1 aromatic carbocycles. The Kier molecular flexibility index (Phi) is 2.81. The summed E-state index contributed by atoms with van der Waals surface area (Å²) in [6.45, 7) is 5.30. The lowest BCUT2D eigenvalue weighted by Gasteiger charge is -2.00. The molecule has 1 nitrogen and oxygen atoms in total. The van der Waals surface area contributed by atoms with Crippen LogP contribution in [0.5, 0.6) is 5.75 Å². The van der Waals surface area contributed by atoms with Crippen molar-refractivity contribution in [3.8, 4) is 5.75 Å². The van der Waals surface area contributed by atoms with E-state index in [0.29, 0.717) is 6.42 Å². The molecule has 10 heavy (non-hydrogen) atoms. The number of hydrogen-bond donors (Lipinski definition) is 0. The van der Waals surface area contributed by atoms with Gasteiger partial charge in [-0.25, -0.2) is 0 Å². The lowest BCUT2D eigenvalue weighted by Crippen LogP contribution is -1.86. The number of para-hydroxylation sites is 1. The average Bonchev–Trinajstić information content (AvgIpc) is 2.03. The van der Waals surface area contributed by atoms with Crippen LogP contribution in [0.25, 0.3) is 0 Å². The maximum atomic E-state index is 5.17. The number of hydrogen-bond acceptors (Lipinski definition) is 1. The van der Waals surface area contributed by atoms with E-state index in [1.54, 1.807) is 6.61 Å². The minimum atomic E-state index is 0.689. The molecule has 0 unspecified atom stereocenters. The number of ether oxygens (including phenoxy) is 1. The van der Waals surface area contributed by atoms with Crippen LogP contribution in [-0.2, 0) is 0 Å². The molecule has 2 radical (unpaired) electrons. The molecule has 0 amide bonds. The lowest BCUT2D eigenvalue weighted by atomic mass is 10.3. The first-order valence-corrected chi connectivity index (χ1v) is 3.26. The molecule has 0 spiro atoms. The zero-order valence-corrected chi connectivity index (χ0v) is 5.79. The van der Waals surface area contributed by atoms with E-state index in [2.05, 4.69) is 6.92 Å². The van der Waals surface area contributed by atoms with E-state index < -0.39 is 0 Å². The van der Waals surface area contributed by atoms with Crippen LogP contribution in [0.4, 0.5) is 0 Å². The SMILES string of the molecule is [CH2]C[CH]Oc1ccccc1. The fourth-order valence-electron chi connectivity index (χ4n) is 0.654. The summed E-state index contributed by atoms with van der Waals surface area (Å²) in [5.41, 5.74) is 0. The Hall–Kier alpha value is -0.980. The summed E-state index contributed by atoms with van der Waals surface area (Å²) in [6.07, 6.45) is 0.689. The van der Waals surface area contributed by atoms with E-state index in [0.717, 1.165) is 5.75 Å². The first-order valence-electron chi connectivity index (χ1n) is 3.26. The van der Waals surface area contributed by atoms with Gasteiger partial charge in [0.05, 0.1) is 0 Å². The van der Waals surface area contributed by atoms with Gasteiger partial charge in [-0.3, -0.25) is 0 Å². The molecule has 1 heteroatoms. The Morgan fingerprint density at radius 3 is 2.60 bits per heavy atom. The molecule has 0 aliphatic heterocycles. The van der Waals surface area contributed by atoms with Gasteiger partial charge in [-0.1, -0.05) is 18.2 Å². The molecule has 0 aromatic heterocycles. The second-order valence-corrected chi connectivity index (χ2v) is 1.89. The molecule has 1 rings (SSSR count). The topological polar surface area (TPSA) is 9.23 Å². The van der Waals surface area contributed by atoms with Gasteiger partial charge in [0.25, 0.3) is 0 Å². The van der Waals surface area contributed by atoms with E-state index in [4.69, 9.17) is 4.74 Å². The molecular weight excluding hydrogens is 124 g/mol. The smallest absolute Gasteiger partial charge is 0.135 e. The molecule has 0 saturated carbocycles. The Balaban J connectivity index is 2.43. The van der Waals surface area contributed by atoms with Gasteiger partial charge in [0, 0.05) is 0 Å². The molecule has 1 aromatic rings. The summed E-state index contributed by atoms with van der Waals surface area (Å²) in [5.74, 6) is 0.867. The van der Waals surface area contributed by atoms with Crippen molar-refractivity contribution in [1.82, 2.24) is 0 Å². The second-order valence-electron chi connectivity index (χ2n) is 1.89. The fraction of sp³-hybridized carbons (Fsp3) is 0.111. The Bertz CT molecular complexity index is 169. The Morgan fingerprint density at radius 2 is 2.00 bits per heavy atom. The quantitative estimate of drug-likeness (QED) is 0.617. The molecule has 0 saturated heterocycles. The van der Waals surface area contributed by atoms with Crippen LogP contribution in [0.15, 0.2) is 30.3 Å². The molecule has 0 aliphatic rings.